The maximum atomic E-state index is 14.0. The monoisotopic (exact) mass is 288 g/mol. The van der Waals surface area contributed by atoms with Crippen LogP contribution >= 0.6 is 0 Å². The van der Waals surface area contributed by atoms with E-state index in [4.69, 9.17) is 0 Å². The lowest BCUT2D eigenvalue weighted by molar-refractivity contribution is -0.122. The Bertz CT molecular complexity index is 452. The molecule has 0 N–H and O–H groups in total. The molecule has 1 aliphatic rings. The highest BCUT2D eigenvalue weighted by Gasteiger charge is 2.25. The maximum Gasteiger partial charge on any atom is 0.133 e. The number of hydrogen-bond donors (Lipinski definition) is 0. The highest BCUT2D eigenvalue weighted by molar-refractivity contribution is 5.79. The maximum absolute atomic E-state index is 14.0. The summed E-state index contributed by atoms with van der Waals surface area (Å²) in [6.45, 7) is 0. The molecular weight excluding hydrogens is 263 g/mol. The van der Waals surface area contributed by atoms with Crippen LogP contribution in [0.4, 0.5) is 4.39 Å². The van der Waals surface area contributed by atoms with E-state index in [1.54, 1.807) is 6.08 Å². The number of aryl methyl sites for hydroxylation is 1. The normalized spacial score (nSPS) is 20.8. The van der Waals surface area contributed by atoms with Crippen LogP contribution in [0, 0.1) is 5.92 Å². The molecule has 0 unspecified atom stereocenters. The van der Waals surface area contributed by atoms with Gasteiger partial charge in [-0.1, -0.05) is 42.5 Å². The number of halogens is 1. The summed E-state index contributed by atoms with van der Waals surface area (Å²) >= 11 is 0. The average molecular weight is 288 g/mol. The second-order valence-electron chi connectivity index (χ2n) is 6.00. The van der Waals surface area contributed by atoms with Gasteiger partial charge in [-0.3, -0.25) is 4.79 Å². The summed E-state index contributed by atoms with van der Waals surface area (Å²) in [7, 11) is 0. The Morgan fingerprint density at radius 1 is 1.24 bits per heavy atom. The molecule has 2 rings (SSSR count). The van der Waals surface area contributed by atoms with E-state index in [2.05, 4.69) is 24.3 Å². The topological polar surface area (TPSA) is 17.1 Å². The molecule has 0 heterocycles. The summed E-state index contributed by atoms with van der Waals surface area (Å²) in [5, 5.41) is 0. The fraction of sp³-hybridized carbons (Fsp3) is 0.526. The number of carbonyl (C=O) groups excluding carboxylic acids is 1. The smallest absolute Gasteiger partial charge is 0.133 e. The van der Waals surface area contributed by atoms with Crippen LogP contribution in [0.1, 0.15) is 50.5 Å². The minimum absolute atomic E-state index is 0.0770. The molecule has 0 bridgehead atoms. The van der Waals surface area contributed by atoms with Gasteiger partial charge >= 0.3 is 0 Å². The minimum atomic E-state index is -0.941. The van der Waals surface area contributed by atoms with Crippen molar-refractivity contribution in [1.29, 1.82) is 0 Å². The summed E-state index contributed by atoms with van der Waals surface area (Å²) < 4.78 is 14.0. The van der Waals surface area contributed by atoms with Crippen molar-refractivity contribution >= 4 is 5.78 Å². The van der Waals surface area contributed by atoms with E-state index < -0.39 is 6.17 Å². The first-order valence-electron chi connectivity index (χ1n) is 8.12. The van der Waals surface area contributed by atoms with Crippen molar-refractivity contribution < 1.29 is 9.18 Å². The Morgan fingerprint density at radius 3 is 2.81 bits per heavy atom. The number of rotatable bonds is 7. The summed E-state index contributed by atoms with van der Waals surface area (Å²) in [4.78, 5) is 11.3. The predicted molar refractivity (Wildman–Crippen MR) is 85.0 cm³/mol. The molecule has 114 valence electrons. The van der Waals surface area contributed by atoms with Crippen molar-refractivity contribution in [1.82, 2.24) is 0 Å². The molecule has 1 saturated carbocycles. The molecule has 0 aliphatic heterocycles. The Labute approximate surface area is 127 Å². The SMILES string of the molecule is O=C1CCC[C@H]([C@H](F)/C=C/CCCCc2ccccc2)C1. The molecule has 1 aromatic rings. The molecule has 21 heavy (non-hydrogen) atoms. The standard InChI is InChI=1S/C19H25FO/c20-19(17-12-8-13-18(21)15-17)14-7-2-1-4-9-16-10-5-3-6-11-16/h3,5-7,10-11,14,17,19H,1-2,4,8-9,12-13,15H2/b14-7+/t17-,19+/m0/s1. The van der Waals surface area contributed by atoms with E-state index in [-0.39, 0.29) is 11.7 Å². The van der Waals surface area contributed by atoms with E-state index in [1.165, 1.54) is 5.56 Å². The lowest BCUT2D eigenvalue weighted by Crippen LogP contribution is -2.22. The Morgan fingerprint density at radius 2 is 2.05 bits per heavy atom. The second kappa shape index (κ2) is 8.76. The van der Waals surface area contributed by atoms with Gasteiger partial charge in [0.2, 0.25) is 0 Å². The molecule has 1 aliphatic carbocycles. The van der Waals surface area contributed by atoms with Crippen molar-refractivity contribution in [2.45, 2.75) is 57.5 Å². The summed E-state index contributed by atoms with van der Waals surface area (Å²) in [5.41, 5.74) is 1.37. The van der Waals surface area contributed by atoms with Gasteiger partial charge in [0, 0.05) is 18.8 Å². The van der Waals surface area contributed by atoms with Gasteiger partial charge < -0.3 is 0 Å². The zero-order valence-corrected chi connectivity index (χ0v) is 12.6. The van der Waals surface area contributed by atoms with E-state index in [1.807, 2.05) is 12.1 Å². The van der Waals surface area contributed by atoms with Crippen molar-refractivity contribution in [3.63, 3.8) is 0 Å². The van der Waals surface area contributed by atoms with Crippen LogP contribution in [0.2, 0.25) is 0 Å². The second-order valence-corrected chi connectivity index (χ2v) is 6.00. The van der Waals surface area contributed by atoms with Crippen molar-refractivity contribution in [2.75, 3.05) is 0 Å². The molecule has 0 saturated heterocycles. The van der Waals surface area contributed by atoms with Crippen LogP contribution in [0.3, 0.4) is 0 Å². The minimum Gasteiger partial charge on any atom is -0.300 e. The van der Waals surface area contributed by atoms with E-state index in [0.29, 0.717) is 12.8 Å². The Kier molecular flexibility index (Phi) is 6.65. The molecule has 2 atom stereocenters. The lowest BCUT2D eigenvalue weighted by Gasteiger charge is -2.22. The van der Waals surface area contributed by atoms with Crippen LogP contribution in [-0.4, -0.2) is 12.0 Å². The first-order chi connectivity index (χ1) is 10.3. The third-order valence-corrected chi connectivity index (χ3v) is 4.22. The largest absolute Gasteiger partial charge is 0.300 e. The molecule has 1 nitrogen and oxygen atoms in total. The first-order valence-corrected chi connectivity index (χ1v) is 8.12. The Hall–Kier alpha value is -1.44. The van der Waals surface area contributed by atoms with Gasteiger partial charge in [0.05, 0.1) is 0 Å². The first kappa shape index (κ1) is 15.9. The number of hydrogen-bond acceptors (Lipinski definition) is 1. The molecule has 1 fully saturated rings. The van der Waals surface area contributed by atoms with Crippen molar-refractivity contribution in [3.05, 3.63) is 48.0 Å². The highest BCUT2D eigenvalue weighted by Crippen LogP contribution is 2.26. The molecular formula is C19H25FO. The molecule has 0 aromatic heterocycles. The average Bonchev–Trinajstić information content (AvgIpc) is 2.51. The molecule has 0 amide bonds. The van der Waals surface area contributed by atoms with E-state index in [0.717, 1.165) is 38.5 Å². The van der Waals surface area contributed by atoms with Crippen molar-refractivity contribution in [2.24, 2.45) is 5.92 Å². The van der Waals surface area contributed by atoms with Crippen LogP contribution in [0.15, 0.2) is 42.5 Å². The van der Waals surface area contributed by atoms with Gasteiger partial charge in [-0.25, -0.2) is 4.39 Å². The summed E-state index contributed by atoms with van der Waals surface area (Å²) in [5.74, 6) is 0.150. The van der Waals surface area contributed by atoms with E-state index >= 15 is 0 Å². The van der Waals surface area contributed by atoms with Crippen LogP contribution in [0.5, 0.6) is 0 Å². The molecule has 0 spiro atoms. The number of ketones is 1. The zero-order chi connectivity index (χ0) is 14.9. The van der Waals surface area contributed by atoms with Crippen LogP contribution in [0.25, 0.3) is 0 Å². The quantitative estimate of drug-likeness (QED) is 0.506. The highest BCUT2D eigenvalue weighted by atomic mass is 19.1. The van der Waals surface area contributed by atoms with Gasteiger partial charge in [-0.2, -0.15) is 0 Å². The number of allylic oxidation sites excluding steroid dienone is 2. The van der Waals surface area contributed by atoms with Crippen LogP contribution in [-0.2, 0) is 11.2 Å². The fourth-order valence-corrected chi connectivity index (χ4v) is 2.95. The van der Waals surface area contributed by atoms with Crippen LogP contribution < -0.4 is 0 Å². The lowest BCUT2D eigenvalue weighted by atomic mass is 9.85. The number of carbonyl (C=O) groups is 1. The third kappa shape index (κ3) is 5.82. The van der Waals surface area contributed by atoms with Gasteiger partial charge in [0.25, 0.3) is 0 Å². The number of unbranched alkanes of at least 4 members (excludes halogenated alkanes) is 2. The van der Waals surface area contributed by atoms with Gasteiger partial charge in [-0.05, 0) is 44.1 Å². The Balaban J connectivity index is 1.60. The zero-order valence-electron chi connectivity index (χ0n) is 12.6. The molecule has 0 radical (unpaired) electrons. The summed E-state index contributed by atoms with van der Waals surface area (Å²) in [6, 6.07) is 10.5. The van der Waals surface area contributed by atoms with Crippen molar-refractivity contribution in [3.8, 4) is 0 Å². The van der Waals surface area contributed by atoms with Gasteiger partial charge in [0.1, 0.15) is 12.0 Å². The number of alkyl halides is 1. The number of benzene rings is 1. The third-order valence-electron chi connectivity index (χ3n) is 4.22. The summed E-state index contributed by atoms with van der Waals surface area (Å²) in [6.07, 6.45) is 9.70. The predicted octanol–water partition coefficient (Wildman–Crippen LogP) is 5.05. The van der Waals surface area contributed by atoms with E-state index in [9.17, 15) is 9.18 Å². The number of Topliss-reactive ketones (excluding diaryl/α,β-unsaturated/α-hetero) is 1. The fourth-order valence-electron chi connectivity index (χ4n) is 2.95. The van der Waals surface area contributed by atoms with Gasteiger partial charge in [-0.15, -0.1) is 0 Å². The van der Waals surface area contributed by atoms with Gasteiger partial charge in [0.15, 0.2) is 0 Å². The molecule has 2 heteroatoms. The molecule has 1 aromatic carbocycles.